The Bertz CT molecular complexity index is 181. The molecule has 0 N–H and O–H groups in total. The maximum absolute atomic E-state index is 11.2. The van der Waals surface area contributed by atoms with E-state index in [9.17, 15) is 9.59 Å². The van der Waals surface area contributed by atoms with Crippen molar-refractivity contribution in [3.05, 3.63) is 0 Å². The number of nitrogens with zero attached hydrogens (tertiary/aromatic N) is 1. The Hall–Kier alpha value is -1.06. The summed E-state index contributed by atoms with van der Waals surface area (Å²) in [7, 11) is 0. The molecule has 1 aliphatic heterocycles. The maximum Gasteiger partial charge on any atom is 0.328 e. The highest BCUT2D eigenvalue weighted by Gasteiger charge is 2.31. The monoisotopic (exact) mass is 170 g/mol. The van der Waals surface area contributed by atoms with Gasteiger partial charge in [-0.2, -0.15) is 0 Å². The second kappa shape index (κ2) is 4.09. The molecule has 0 bridgehead atoms. The number of carbonyl (C=O) groups is 1. The van der Waals surface area contributed by atoms with E-state index in [1.54, 1.807) is 13.3 Å². The molecular weight excluding hydrogens is 158 g/mol. The molecule has 67 valence electrons. The highest BCUT2D eigenvalue weighted by Crippen LogP contribution is 2.15. The molecule has 0 saturated carbocycles. The Morgan fingerprint density at radius 2 is 2.50 bits per heavy atom. The highest BCUT2D eigenvalue weighted by molar-refractivity contribution is 5.78. The fraction of sp³-hybridized carbons (Fsp3) is 0.750. The Kier molecular flexibility index (Phi) is 3.08. The zero-order chi connectivity index (χ0) is 8.97. The number of hydrogen-bond donors (Lipinski definition) is 0. The summed E-state index contributed by atoms with van der Waals surface area (Å²) in [6.07, 6.45) is 3.30. The van der Waals surface area contributed by atoms with Gasteiger partial charge < -0.3 is 9.64 Å². The molecule has 12 heavy (non-hydrogen) atoms. The lowest BCUT2D eigenvalue weighted by molar-refractivity contribution is -0.147. The first-order chi connectivity index (χ1) is 5.79. The van der Waals surface area contributed by atoms with Gasteiger partial charge in [-0.3, -0.25) is 4.79 Å². The van der Waals surface area contributed by atoms with Gasteiger partial charge in [0, 0.05) is 6.54 Å². The summed E-state index contributed by atoms with van der Waals surface area (Å²) in [5.41, 5.74) is 0. The highest BCUT2D eigenvalue weighted by atomic mass is 16.5. The topological polar surface area (TPSA) is 46.6 Å². The number of esters is 1. The van der Waals surface area contributed by atoms with Crippen molar-refractivity contribution in [2.45, 2.75) is 25.8 Å². The molecule has 4 heteroatoms. The van der Waals surface area contributed by atoms with E-state index in [1.165, 1.54) is 4.90 Å². The zero-order valence-corrected chi connectivity index (χ0v) is 7.08. The number of ether oxygens (including phenoxy) is 1. The summed E-state index contributed by atoms with van der Waals surface area (Å²) < 4.78 is 4.80. The summed E-state index contributed by atoms with van der Waals surface area (Å²) in [6, 6.07) is -0.387. The number of rotatable bonds is 3. The van der Waals surface area contributed by atoms with Crippen molar-refractivity contribution in [3.63, 3.8) is 0 Å². The van der Waals surface area contributed by atoms with Gasteiger partial charge in [-0.15, -0.1) is 0 Å². The van der Waals surface area contributed by atoms with Crippen LogP contribution in [0, 0.1) is 0 Å². The lowest BCUT2D eigenvalue weighted by Crippen LogP contribution is -2.36. The van der Waals surface area contributed by atoms with Crippen LogP contribution in [0.2, 0.25) is 0 Å². The van der Waals surface area contributed by atoms with Crippen molar-refractivity contribution in [2.75, 3.05) is 13.2 Å². The van der Waals surface area contributed by atoms with Gasteiger partial charge in [0.15, 0.2) is 0 Å². The van der Waals surface area contributed by atoms with E-state index in [4.69, 9.17) is 4.74 Å². The van der Waals surface area contributed by atoms with Crippen molar-refractivity contribution in [1.82, 2.24) is 4.90 Å². The van der Waals surface area contributed by atoms with Gasteiger partial charge in [0.25, 0.3) is 0 Å². The molecule has 4 nitrogen and oxygen atoms in total. The van der Waals surface area contributed by atoms with E-state index in [-0.39, 0.29) is 12.0 Å². The van der Waals surface area contributed by atoms with Crippen molar-refractivity contribution in [3.8, 4) is 0 Å². The van der Waals surface area contributed by atoms with Gasteiger partial charge in [0.1, 0.15) is 6.04 Å². The van der Waals surface area contributed by atoms with Crippen LogP contribution in [0.3, 0.4) is 0 Å². The molecule has 1 atom stereocenters. The number of amides is 1. The maximum atomic E-state index is 11.2. The quantitative estimate of drug-likeness (QED) is 0.563. The van der Waals surface area contributed by atoms with Gasteiger partial charge in [-0.25, -0.2) is 4.79 Å². The van der Waals surface area contributed by atoms with Crippen LogP contribution < -0.4 is 0 Å². The molecule has 1 aliphatic rings. The van der Waals surface area contributed by atoms with Gasteiger partial charge in [-0.1, -0.05) is 0 Å². The largest absolute Gasteiger partial charge is 0.464 e. The van der Waals surface area contributed by atoms with Gasteiger partial charge in [0.2, 0.25) is 0 Å². The summed E-state index contributed by atoms with van der Waals surface area (Å²) in [6.45, 7) is 2.73. The molecule has 1 saturated heterocycles. The smallest absolute Gasteiger partial charge is 0.328 e. The minimum atomic E-state index is -0.387. The van der Waals surface area contributed by atoms with E-state index < -0.39 is 0 Å². The number of carbonyl (C=O) groups excluding carboxylic acids is 2. The average Bonchev–Trinajstić information content (AvgIpc) is 2.51. The fourth-order valence-electron chi connectivity index (χ4n) is 1.36. The Labute approximate surface area is 71.5 Å². The second-order valence-electron chi connectivity index (χ2n) is 2.69. The second-order valence-corrected chi connectivity index (χ2v) is 2.69. The van der Waals surface area contributed by atoms with E-state index in [0.29, 0.717) is 19.6 Å². The predicted octanol–water partition coefficient (Wildman–Crippen LogP) is 0.0811. The first-order valence-electron chi connectivity index (χ1n) is 4.10. The lowest BCUT2D eigenvalue weighted by atomic mass is 10.2. The van der Waals surface area contributed by atoms with Crippen LogP contribution in [0.25, 0.3) is 0 Å². The molecule has 0 aromatic carbocycles. The third kappa shape index (κ3) is 1.75. The molecule has 1 fully saturated rings. The van der Waals surface area contributed by atoms with Crippen LogP contribution in [0.1, 0.15) is 19.8 Å². The van der Waals surface area contributed by atoms with Crippen LogP contribution in [-0.4, -0.2) is 36.5 Å². The minimum Gasteiger partial charge on any atom is -0.464 e. The Morgan fingerprint density at radius 1 is 1.75 bits per heavy atom. The van der Waals surface area contributed by atoms with Crippen molar-refractivity contribution >= 4 is 12.4 Å². The minimum absolute atomic E-state index is 0.307. The summed E-state index contributed by atoms with van der Waals surface area (Å²) in [5, 5.41) is 0. The van der Waals surface area contributed by atoms with E-state index in [2.05, 4.69) is 0 Å². The average molecular weight is 170 g/mol. The first kappa shape index (κ1) is 9.03. The van der Waals surface area contributed by atoms with E-state index in [0.717, 1.165) is 6.42 Å². The van der Waals surface area contributed by atoms with Gasteiger partial charge in [0.05, 0.1) is 6.61 Å². The Morgan fingerprint density at radius 3 is 3.08 bits per heavy atom. The molecule has 0 aliphatic carbocycles. The fourth-order valence-corrected chi connectivity index (χ4v) is 1.36. The van der Waals surface area contributed by atoms with Crippen molar-refractivity contribution < 1.29 is 14.3 Å². The summed E-state index contributed by atoms with van der Waals surface area (Å²) >= 11 is 0. The zero-order valence-electron chi connectivity index (χ0n) is 7.08. The molecule has 0 aromatic heterocycles. The predicted molar refractivity (Wildman–Crippen MR) is 42.1 cm³/mol. The number of likely N-dealkylation sites (tertiary alicyclic amines) is 1. The summed E-state index contributed by atoms with van der Waals surface area (Å²) in [5.74, 6) is -0.307. The Balaban J connectivity index is 2.49. The summed E-state index contributed by atoms with van der Waals surface area (Å²) in [4.78, 5) is 22.9. The van der Waals surface area contributed by atoms with Gasteiger partial charge >= 0.3 is 12.4 Å². The van der Waals surface area contributed by atoms with E-state index in [1.807, 2.05) is 0 Å². The third-order valence-corrected chi connectivity index (χ3v) is 1.93. The lowest BCUT2D eigenvalue weighted by Gasteiger charge is -2.16. The number of hydrogen-bond acceptors (Lipinski definition) is 3. The molecule has 1 amide bonds. The van der Waals surface area contributed by atoms with Crippen LogP contribution in [0.5, 0.6) is 0 Å². The standard InChI is InChI=1S/C8H12NO3/c1-2-12-8(11)7-4-3-5-9(7)6-10/h7H,2-5H2,1H3. The molecule has 0 aromatic rings. The third-order valence-electron chi connectivity index (χ3n) is 1.93. The molecule has 0 spiro atoms. The SMILES string of the molecule is CCOC(=O)C1CCCN1[C]=O. The first-order valence-corrected chi connectivity index (χ1v) is 4.10. The van der Waals surface area contributed by atoms with Crippen LogP contribution >= 0.6 is 0 Å². The molecule has 1 rings (SSSR count). The van der Waals surface area contributed by atoms with Crippen LogP contribution in [0.15, 0.2) is 0 Å². The normalized spacial score (nSPS) is 22.4. The van der Waals surface area contributed by atoms with E-state index >= 15 is 0 Å². The molecule has 1 unspecified atom stereocenters. The van der Waals surface area contributed by atoms with Crippen molar-refractivity contribution in [2.24, 2.45) is 0 Å². The van der Waals surface area contributed by atoms with Crippen molar-refractivity contribution in [1.29, 1.82) is 0 Å². The molecule has 1 heterocycles. The molecule has 1 radical (unpaired) electrons. The van der Waals surface area contributed by atoms with Crippen LogP contribution in [0.4, 0.5) is 0 Å². The molecular formula is C8H12NO3. The van der Waals surface area contributed by atoms with Gasteiger partial charge in [-0.05, 0) is 19.8 Å². The van der Waals surface area contributed by atoms with Crippen LogP contribution in [-0.2, 0) is 14.3 Å².